The lowest BCUT2D eigenvalue weighted by Crippen LogP contribution is -1.91. The Balaban J connectivity index is 1.10. The highest BCUT2D eigenvalue weighted by atomic mass is 32.1. The number of benzene rings is 5. The Labute approximate surface area is 251 Å². The van der Waals surface area contributed by atoms with Gasteiger partial charge in [-0.15, -0.1) is 11.3 Å². The fourth-order valence-corrected chi connectivity index (χ4v) is 7.22. The summed E-state index contributed by atoms with van der Waals surface area (Å²) in [7, 11) is 0. The molecule has 200 valence electrons. The molecule has 0 aliphatic heterocycles. The molecular formula is C39H23N3S. The third-order valence-electron chi connectivity index (χ3n) is 8.27. The standard InChI is InChI=1S/C39H23N3S/c1-2-6-24(7-3-1)32-19-16-27-14-15-28-17-20-33(42-39(28)38(27)41-32)26-12-10-25(11-13-26)31-21-18-29-34(40-31)22-23-36-37(29)30-8-4-5-9-35(30)43-36/h1-23H. The molecule has 0 aliphatic rings. The van der Waals surface area contributed by atoms with Crippen molar-refractivity contribution in [2.24, 2.45) is 0 Å². The maximum Gasteiger partial charge on any atom is 0.0972 e. The minimum absolute atomic E-state index is 0.917. The van der Waals surface area contributed by atoms with Crippen molar-refractivity contribution in [2.45, 2.75) is 0 Å². The molecule has 4 heteroatoms. The number of thiophene rings is 1. The lowest BCUT2D eigenvalue weighted by atomic mass is 10.0. The average Bonchev–Trinajstić information content (AvgIpc) is 3.47. The van der Waals surface area contributed by atoms with E-state index in [1.54, 1.807) is 0 Å². The molecule has 0 amide bonds. The van der Waals surface area contributed by atoms with Crippen LogP contribution in [-0.4, -0.2) is 15.0 Å². The molecule has 0 spiro atoms. The SMILES string of the molecule is c1ccc(-c2ccc3ccc4ccc(-c5ccc(-c6ccc7c(ccc8sc9ccccc9c87)n6)cc5)nc4c3n2)cc1. The Hall–Kier alpha value is -5.45. The van der Waals surface area contributed by atoms with Crippen LogP contribution in [0.1, 0.15) is 0 Å². The highest BCUT2D eigenvalue weighted by Crippen LogP contribution is 2.38. The molecule has 0 saturated heterocycles. The quantitative estimate of drug-likeness (QED) is 0.200. The Morgan fingerprint density at radius 1 is 0.372 bits per heavy atom. The Bertz CT molecular complexity index is 2500. The highest BCUT2D eigenvalue weighted by Gasteiger charge is 2.12. The predicted octanol–water partition coefficient (Wildman–Crippen LogP) is 10.7. The predicted molar refractivity (Wildman–Crippen MR) is 182 cm³/mol. The van der Waals surface area contributed by atoms with Crippen molar-refractivity contribution in [3.8, 4) is 33.8 Å². The summed E-state index contributed by atoms with van der Waals surface area (Å²) in [6, 6.07) is 48.9. The molecule has 5 aromatic carbocycles. The molecule has 0 aliphatic carbocycles. The smallest absolute Gasteiger partial charge is 0.0972 e. The van der Waals surface area contributed by atoms with E-state index < -0.39 is 0 Å². The molecular weight excluding hydrogens is 543 g/mol. The third-order valence-corrected chi connectivity index (χ3v) is 9.41. The Morgan fingerprint density at radius 2 is 0.930 bits per heavy atom. The molecule has 4 aromatic heterocycles. The van der Waals surface area contributed by atoms with Crippen LogP contribution in [0.15, 0.2) is 140 Å². The Kier molecular flexibility index (Phi) is 5.37. The molecule has 0 N–H and O–H groups in total. The van der Waals surface area contributed by atoms with Crippen LogP contribution >= 0.6 is 11.3 Å². The first-order valence-corrected chi connectivity index (χ1v) is 15.2. The summed E-state index contributed by atoms with van der Waals surface area (Å²) in [5, 5.41) is 5.97. The molecule has 0 radical (unpaired) electrons. The molecule has 9 aromatic rings. The maximum atomic E-state index is 5.12. The van der Waals surface area contributed by atoms with E-state index in [9.17, 15) is 0 Å². The van der Waals surface area contributed by atoms with E-state index in [1.807, 2.05) is 29.5 Å². The van der Waals surface area contributed by atoms with Crippen molar-refractivity contribution in [3.63, 3.8) is 0 Å². The number of aromatic nitrogens is 3. The maximum absolute atomic E-state index is 5.12. The van der Waals surface area contributed by atoms with E-state index in [0.717, 1.165) is 61.1 Å². The van der Waals surface area contributed by atoms with E-state index in [1.165, 1.54) is 25.6 Å². The van der Waals surface area contributed by atoms with Crippen LogP contribution in [0.3, 0.4) is 0 Å². The minimum atomic E-state index is 0.917. The van der Waals surface area contributed by atoms with Gasteiger partial charge in [-0.3, -0.25) is 0 Å². The van der Waals surface area contributed by atoms with Crippen molar-refractivity contribution in [1.29, 1.82) is 0 Å². The fraction of sp³-hybridized carbons (Fsp3) is 0. The number of nitrogens with zero attached hydrogens (tertiary/aromatic N) is 3. The van der Waals surface area contributed by atoms with Crippen molar-refractivity contribution < 1.29 is 0 Å². The van der Waals surface area contributed by atoms with Gasteiger partial charge in [-0.1, -0.05) is 97.1 Å². The second-order valence-electron chi connectivity index (χ2n) is 10.8. The van der Waals surface area contributed by atoms with Gasteiger partial charge in [-0.05, 0) is 42.5 Å². The van der Waals surface area contributed by atoms with Gasteiger partial charge in [0.15, 0.2) is 0 Å². The number of hydrogen-bond acceptors (Lipinski definition) is 4. The first-order valence-electron chi connectivity index (χ1n) is 14.4. The van der Waals surface area contributed by atoms with Gasteiger partial charge in [-0.2, -0.15) is 0 Å². The van der Waals surface area contributed by atoms with Crippen LogP contribution in [0.25, 0.3) is 86.7 Å². The molecule has 0 fully saturated rings. The molecule has 4 heterocycles. The third kappa shape index (κ3) is 3.99. The molecule has 43 heavy (non-hydrogen) atoms. The Morgan fingerprint density at radius 3 is 1.63 bits per heavy atom. The molecule has 0 atom stereocenters. The van der Waals surface area contributed by atoms with Gasteiger partial charge in [-0.25, -0.2) is 15.0 Å². The lowest BCUT2D eigenvalue weighted by Gasteiger charge is -2.09. The summed E-state index contributed by atoms with van der Waals surface area (Å²) < 4.78 is 2.61. The average molecular weight is 566 g/mol. The first kappa shape index (κ1) is 24.2. The lowest BCUT2D eigenvalue weighted by molar-refractivity contribution is 1.36. The summed E-state index contributed by atoms with van der Waals surface area (Å²) in [6.45, 7) is 0. The molecule has 9 rings (SSSR count). The van der Waals surface area contributed by atoms with E-state index in [-0.39, 0.29) is 0 Å². The van der Waals surface area contributed by atoms with Crippen LogP contribution in [0.5, 0.6) is 0 Å². The van der Waals surface area contributed by atoms with Crippen LogP contribution in [0.2, 0.25) is 0 Å². The van der Waals surface area contributed by atoms with Gasteiger partial charge in [0, 0.05) is 53.0 Å². The normalized spacial score (nSPS) is 11.7. The van der Waals surface area contributed by atoms with Crippen LogP contribution < -0.4 is 0 Å². The fourth-order valence-electron chi connectivity index (χ4n) is 6.10. The van der Waals surface area contributed by atoms with Crippen molar-refractivity contribution in [2.75, 3.05) is 0 Å². The number of pyridine rings is 3. The monoisotopic (exact) mass is 565 g/mol. The van der Waals surface area contributed by atoms with E-state index in [0.29, 0.717) is 0 Å². The zero-order chi connectivity index (χ0) is 28.3. The van der Waals surface area contributed by atoms with E-state index in [2.05, 4.69) is 121 Å². The molecule has 3 nitrogen and oxygen atoms in total. The first-order chi connectivity index (χ1) is 21.3. The summed E-state index contributed by atoms with van der Waals surface area (Å²) in [4.78, 5) is 15.2. The topological polar surface area (TPSA) is 38.7 Å². The zero-order valence-corrected chi connectivity index (χ0v) is 23.8. The molecule has 0 unspecified atom stereocenters. The second-order valence-corrected chi connectivity index (χ2v) is 11.9. The van der Waals surface area contributed by atoms with E-state index >= 15 is 0 Å². The summed E-state index contributed by atoms with van der Waals surface area (Å²) in [5.41, 5.74) is 8.95. The van der Waals surface area contributed by atoms with Gasteiger partial charge >= 0.3 is 0 Å². The second kappa shape index (κ2) is 9.55. The van der Waals surface area contributed by atoms with Gasteiger partial charge < -0.3 is 0 Å². The van der Waals surface area contributed by atoms with Gasteiger partial charge in [0.05, 0.1) is 33.6 Å². The van der Waals surface area contributed by atoms with Crippen LogP contribution in [-0.2, 0) is 0 Å². The number of rotatable bonds is 3. The van der Waals surface area contributed by atoms with Gasteiger partial charge in [0.25, 0.3) is 0 Å². The highest BCUT2D eigenvalue weighted by molar-refractivity contribution is 7.26. The van der Waals surface area contributed by atoms with Crippen molar-refractivity contribution in [3.05, 3.63) is 140 Å². The van der Waals surface area contributed by atoms with Crippen LogP contribution in [0, 0.1) is 0 Å². The van der Waals surface area contributed by atoms with Gasteiger partial charge in [0.1, 0.15) is 0 Å². The van der Waals surface area contributed by atoms with Crippen molar-refractivity contribution >= 4 is 64.2 Å². The number of fused-ring (bicyclic) bond motifs is 8. The molecule has 0 bridgehead atoms. The van der Waals surface area contributed by atoms with Crippen LogP contribution in [0.4, 0.5) is 0 Å². The van der Waals surface area contributed by atoms with Gasteiger partial charge in [0.2, 0.25) is 0 Å². The summed E-state index contributed by atoms with van der Waals surface area (Å²) >= 11 is 1.84. The zero-order valence-electron chi connectivity index (χ0n) is 23.0. The molecule has 0 saturated carbocycles. The van der Waals surface area contributed by atoms with E-state index in [4.69, 9.17) is 15.0 Å². The summed E-state index contributed by atoms with van der Waals surface area (Å²) in [5.74, 6) is 0. The summed E-state index contributed by atoms with van der Waals surface area (Å²) in [6.07, 6.45) is 0. The largest absolute Gasteiger partial charge is 0.248 e. The number of hydrogen-bond donors (Lipinski definition) is 0. The minimum Gasteiger partial charge on any atom is -0.248 e. The van der Waals surface area contributed by atoms with Crippen molar-refractivity contribution in [1.82, 2.24) is 15.0 Å².